The van der Waals surface area contributed by atoms with Crippen LogP contribution in [0.5, 0.6) is 0 Å². The molecule has 0 heterocycles. The Balaban J connectivity index is 2.35. The van der Waals surface area contributed by atoms with E-state index in [1.165, 1.54) is 37.7 Å². The van der Waals surface area contributed by atoms with Crippen LogP contribution in [0.2, 0.25) is 0 Å². The van der Waals surface area contributed by atoms with Gasteiger partial charge in [-0.05, 0) is 47.4 Å². The lowest BCUT2D eigenvalue weighted by Crippen LogP contribution is -2.08. The predicted octanol–water partition coefficient (Wildman–Crippen LogP) is 3.28. The van der Waals surface area contributed by atoms with E-state index in [9.17, 15) is 10.2 Å². The molecular weight excluding hydrogens is 224 g/mol. The Morgan fingerprint density at radius 1 is 1.00 bits per heavy atom. The van der Waals surface area contributed by atoms with Gasteiger partial charge in [0.1, 0.15) is 0 Å². The molecule has 0 amide bonds. The molecular formula is C16H24O2. The fraction of sp³-hybridized carbons (Fsp3) is 0.625. The normalized spacial score (nSPS) is 17.1. The van der Waals surface area contributed by atoms with Crippen LogP contribution in [0.4, 0.5) is 0 Å². The number of rotatable bonds is 4. The van der Waals surface area contributed by atoms with Crippen molar-refractivity contribution in [2.75, 3.05) is 0 Å². The first-order chi connectivity index (χ1) is 8.80. The van der Waals surface area contributed by atoms with Gasteiger partial charge in [0.05, 0.1) is 13.2 Å². The molecule has 1 fully saturated rings. The third kappa shape index (κ3) is 2.76. The second-order valence-corrected chi connectivity index (χ2v) is 5.32. The summed E-state index contributed by atoms with van der Waals surface area (Å²) in [4.78, 5) is 0. The molecule has 1 aliphatic rings. The summed E-state index contributed by atoms with van der Waals surface area (Å²) in [6, 6.07) is 4.32. The highest BCUT2D eigenvalue weighted by molar-refractivity contribution is 5.40. The minimum atomic E-state index is 0.0801. The Bertz CT molecular complexity index is 367. The number of hydrogen-bond acceptors (Lipinski definition) is 2. The molecule has 1 aromatic rings. The molecule has 100 valence electrons. The van der Waals surface area contributed by atoms with E-state index in [1.54, 1.807) is 0 Å². The van der Waals surface area contributed by atoms with E-state index in [-0.39, 0.29) is 13.2 Å². The van der Waals surface area contributed by atoms with E-state index in [1.807, 2.05) is 0 Å². The second kappa shape index (κ2) is 6.35. The Kier molecular flexibility index (Phi) is 4.79. The van der Waals surface area contributed by atoms with Gasteiger partial charge in [-0.3, -0.25) is 0 Å². The zero-order valence-electron chi connectivity index (χ0n) is 11.3. The van der Waals surface area contributed by atoms with Gasteiger partial charge in [-0.1, -0.05) is 38.3 Å². The van der Waals surface area contributed by atoms with Crippen molar-refractivity contribution in [3.8, 4) is 0 Å². The summed E-state index contributed by atoms with van der Waals surface area (Å²) in [5, 5.41) is 19.0. The maximum Gasteiger partial charge on any atom is 0.0684 e. The maximum absolute atomic E-state index is 9.51. The molecule has 1 saturated carbocycles. The van der Waals surface area contributed by atoms with Crippen LogP contribution in [0.3, 0.4) is 0 Å². The molecule has 2 rings (SSSR count). The van der Waals surface area contributed by atoms with Crippen molar-refractivity contribution in [3.05, 3.63) is 34.4 Å². The molecule has 2 heteroatoms. The van der Waals surface area contributed by atoms with Gasteiger partial charge < -0.3 is 10.2 Å². The number of aliphatic hydroxyl groups excluding tert-OH is 2. The highest BCUT2D eigenvalue weighted by atomic mass is 16.3. The third-order valence-electron chi connectivity index (χ3n) is 4.23. The van der Waals surface area contributed by atoms with Crippen molar-refractivity contribution < 1.29 is 10.2 Å². The van der Waals surface area contributed by atoms with Crippen LogP contribution in [0, 0.1) is 0 Å². The molecule has 1 aliphatic carbocycles. The molecule has 18 heavy (non-hydrogen) atoms. The molecule has 2 N–H and O–H groups in total. The highest BCUT2D eigenvalue weighted by Gasteiger charge is 2.18. The summed E-state index contributed by atoms with van der Waals surface area (Å²) in [5.41, 5.74) is 4.45. The molecule has 0 bridgehead atoms. The van der Waals surface area contributed by atoms with E-state index >= 15 is 0 Å². The monoisotopic (exact) mass is 248 g/mol. The molecule has 0 spiro atoms. The molecule has 0 aromatic heterocycles. The van der Waals surface area contributed by atoms with Crippen molar-refractivity contribution in [2.45, 2.75) is 64.6 Å². The number of hydrogen-bond donors (Lipinski definition) is 2. The number of aliphatic hydroxyl groups is 2. The predicted molar refractivity (Wildman–Crippen MR) is 73.5 cm³/mol. The van der Waals surface area contributed by atoms with Gasteiger partial charge in [0, 0.05) is 0 Å². The summed E-state index contributed by atoms with van der Waals surface area (Å²) in [7, 11) is 0. The zero-order chi connectivity index (χ0) is 13.0. The van der Waals surface area contributed by atoms with Gasteiger partial charge in [-0.25, -0.2) is 0 Å². The summed E-state index contributed by atoms with van der Waals surface area (Å²) in [6.45, 7) is 2.24. The van der Waals surface area contributed by atoms with Gasteiger partial charge in [-0.15, -0.1) is 0 Å². The minimum Gasteiger partial charge on any atom is -0.392 e. The van der Waals surface area contributed by atoms with E-state index in [0.29, 0.717) is 5.92 Å². The first-order valence-electron chi connectivity index (χ1n) is 7.16. The van der Waals surface area contributed by atoms with Crippen LogP contribution in [0.15, 0.2) is 12.1 Å². The average molecular weight is 248 g/mol. The van der Waals surface area contributed by atoms with Crippen molar-refractivity contribution in [3.63, 3.8) is 0 Å². The van der Waals surface area contributed by atoms with Crippen molar-refractivity contribution in [1.29, 1.82) is 0 Å². The van der Waals surface area contributed by atoms with Gasteiger partial charge in [0.25, 0.3) is 0 Å². The van der Waals surface area contributed by atoms with Gasteiger partial charge in [0.15, 0.2) is 0 Å². The fourth-order valence-electron chi connectivity index (χ4n) is 3.23. The largest absolute Gasteiger partial charge is 0.392 e. The Labute approximate surface area is 110 Å². The van der Waals surface area contributed by atoms with Crippen LogP contribution in [0.1, 0.15) is 67.2 Å². The van der Waals surface area contributed by atoms with E-state index < -0.39 is 0 Å². The lowest BCUT2D eigenvalue weighted by molar-refractivity contribution is 0.272. The van der Waals surface area contributed by atoms with Crippen LogP contribution in [-0.2, 0) is 19.6 Å². The van der Waals surface area contributed by atoms with Gasteiger partial charge >= 0.3 is 0 Å². The van der Waals surface area contributed by atoms with E-state index in [2.05, 4.69) is 19.1 Å². The van der Waals surface area contributed by atoms with Crippen molar-refractivity contribution in [2.24, 2.45) is 0 Å². The first kappa shape index (κ1) is 13.6. The molecule has 1 aromatic carbocycles. The Morgan fingerprint density at radius 2 is 1.56 bits per heavy atom. The smallest absolute Gasteiger partial charge is 0.0684 e. The number of benzene rings is 1. The summed E-state index contributed by atoms with van der Waals surface area (Å²) in [5.74, 6) is 0.625. The quantitative estimate of drug-likeness (QED) is 0.858. The second-order valence-electron chi connectivity index (χ2n) is 5.32. The van der Waals surface area contributed by atoms with Gasteiger partial charge in [0.2, 0.25) is 0 Å². The molecule has 0 radical (unpaired) electrons. The SMILES string of the molecule is CCc1c(CO)cc(C2CCCCC2)cc1CO. The maximum atomic E-state index is 9.51. The van der Waals surface area contributed by atoms with Crippen LogP contribution in [0.25, 0.3) is 0 Å². The molecule has 0 saturated heterocycles. The molecule has 0 unspecified atom stereocenters. The summed E-state index contributed by atoms with van der Waals surface area (Å²) >= 11 is 0. The van der Waals surface area contributed by atoms with Crippen LogP contribution < -0.4 is 0 Å². The molecule has 0 aliphatic heterocycles. The minimum absolute atomic E-state index is 0.0801. The van der Waals surface area contributed by atoms with Crippen molar-refractivity contribution in [1.82, 2.24) is 0 Å². The standard InChI is InChI=1S/C16H24O2/c1-2-16-14(10-17)8-13(9-15(16)11-18)12-6-4-3-5-7-12/h8-9,12,17-18H,2-7,10-11H2,1H3. The van der Waals surface area contributed by atoms with Crippen molar-refractivity contribution >= 4 is 0 Å². The van der Waals surface area contributed by atoms with E-state index in [0.717, 1.165) is 23.1 Å². The molecule has 0 atom stereocenters. The summed E-state index contributed by atoms with van der Waals surface area (Å²) < 4.78 is 0. The van der Waals surface area contributed by atoms with Crippen LogP contribution in [-0.4, -0.2) is 10.2 Å². The zero-order valence-corrected chi connectivity index (χ0v) is 11.3. The average Bonchev–Trinajstić information content (AvgIpc) is 2.46. The Hall–Kier alpha value is -0.860. The Morgan fingerprint density at radius 3 is 2.00 bits per heavy atom. The lowest BCUT2D eigenvalue weighted by Gasteiger charge is -2.24. The van der Waals surface area contributed by atoms with Gasteiger partial charge in [-0.2, -0.15) is 0 Å². The fourth-order valence-corrected chi connectivity index (χ4v) is 3.23. The first-order valence-corrected chi connectivity index (χ1v) is 7.16. The third-order valence-corrected chi connectivity index (χ3v) is 4.23. The van der Waals surface area contributed by atoms with E-state index in [4.69, 9.17) is 0 Å². The lowest BCUT2D eigenvalue weighted by atomic mass is 9.82. The molecule has 2 nitrogen and oxygen atoms in total. The van der Waals surface area contributed by atoms with Crippen LogP contribution >= 0.6 is 0 Å². The summed E-state index contributed by atoms with van der Waals surface area (Å²) in [6.07, 6.45) is 7.34. The topological polar surface area (TPSA) is 40.5 Å². The highest BCUT2D eigenvalue weighted by Crippen LogP contribution is 2.34.